The minimum Gasteiger partial charge on any atom is -0.497 e. The van der Waals surface area contributed by atoms with Crippen LogP contribution in [0.25, 0.3) is 0 Å². The molecule has 1 aromatic heterocycles. The Balaban J connectivity index is 1.99. The molecule has 1 atom stereocenters. The molecule has 0 bridgehead atoms. The summed E-state index contributed by atoms with van der Waals surface area (Å²) in [5, 5.41) is 7.47. The van der Waals surface area contributed by atoms with Gasteiger partial charge in [0.15, 0.2) is 5.82 Å². The van der Waals surface area contributed by atoms with Crippen molar-refractivity contribution in [2.24, 2.45) is 0 Å². The highest BCUT2D eigenvalue weighted by molar-refractivity contribution is 5.30. The van der Waals surface area contributed by atoms with Crippen LogP contribution in [0.4, 0.5) is 0 Å². The van der Waals surface area contributed by atoms with Gasteiger partial charge in [-0.25, -0.2) is 0 Å². The minimum atomic E-state index is 0.389. The molecule has 0 amide bonds. The molecule has 0 aliphatic heterocycles. The lowest BCUT2D eigenvalue weighted by Crippen LogP contribution is -2.30. The fraction of sp³-hybridized carbons (Fsp3) is 0.500. The van der Waals surface area contributed by atoms with Gasteiger partial charge in [-0.3, -0.25) is 0 Å². The standard InChI is InChI=1S/C16H23N3O2/c1-4-13(17-5-2)11-16-18-15(19-21-16)10-12-7-6-8-14(9-12)20-3/h6-9,13,17H,4-5,10-11H2,1-3H3. The van der Waals surface area contributed by atoms with Gasteiger partial charge in [0.05, 0.1) is 7.11 Å². The van der Waals surface area contributed by atoms with Gasteiger partial charge in [0.1, 0.15) is 5.75 Å². The van der Waals surface area contributed by atoms with Gasteiger partial charge in [-0.1, -0.05) is 31.1 Å². The van der Waals surface area contributed by atoms with E-state index in [9.17, 15) is 0 Å². The molecule has 2 aromatic rings. The van der Waals surface area contributed by atoms with Crippen LogP contribution >= 0.6 is 0 Å². The third-order valence-electron chi connectivity index (χ3n) is 3.41. The number of hydrogen-bond acceptors (Lipinski definition) is 5. The monoisotopic (exact) mass is 289 g/mol. The molecule has 0 saturated heterocycles. The molecular formula is C16H23N3O2. The molecule has 1 N–H and O–H groups in total. The first-order valence-electron chi connectivity index (χ1n) is 7.42. The lowest BCUT2D eigenvalue weighted by molar-refractivity contribution is 0.352. The highest BCUT2D eigenvalue weighted by Gasteiger charge is 2.12. The summed E-state index contributed by atoms with van der Waals surface area (Å²) in [5.74, 6) is 2.25. The zero-order valence-corrected chi connectivity index (χ0v) is 12.9. The smallest absolute Gasteiger partial charge is 0.228 e. The van der Waals surface area contributed by atoms with Crippen LogP contribution in [0.15, 0.2) is 28.8 Å². The van der Waals surface area contributed by atoms with Gasteiger partial charge in [0.2, 0.25) is 5.89 Å². The first kappa shape index (κ1) is 15.5. The van der Waals surface area contributed by atoms with E-state index in [1.165, 1.54) is 0 Å². The number of ether oxygens (including phenoxy) is 1. The summed E-state index contributed by atoms with van der Waals surface area (Å²) in [7, 11) is 1.66. The van der Waals surface area contributed by atoms with Crippen molar-refractivity contribution in [1.29, 1.82) is 0 Å². The van der Waals surface area contributed by atoms with Crippen LogP contribution in [0.1, 0.15) is 37.5 Å². The Bertz CT molecular complexity index is 554. The summed E-state index contributed by atoms with van der Waals surface area (Å²) in [6.07, 6.45) is 2.47. The Labute approximate surface area is 125 Å². The van der Waals surface area contributed by atoms with Crippen LogP contribution in [-0.4, -0.2) is 29.8 Å². The van der Waals surface area contributed by atoms with Gasteiger partial charge in [-0.2, -0.15) is 4.98 Å². The van der Waals surface area contributed by atoms with Crippen molar-refractivity contribution in [1.82, 2.24) is 15.5 Å². The minimum absolute atomic E-state index is 0.389. The number of hydrogen-bond donors (Lipinski definition) is 1. The normalized spacial score (nSPS) is 12.3. The Hall–Kier alpha value is -1.88. The maximum absolute atomic E-state index is 5.34. The number of aromatic nitrogens is 2. The number of methoxy groups -OCH3 is 1. The summed E-state index contributed by atoms with van der Waals surface area (Å²) in [6, 6.07) is 8.30. The van der Waals surface area contributed by atoms with Crippen molar-refractivity contribution in [3.05, 3.63) is 41.5 Å². The van der Waals surface area contributed by atoms with E-state index < -0.39 is 0 Å². The van der Waals surface area contributed by atoms with Gasteiger partial charge < -0.3 is 14.6 Å². The molecule has 114 valence electrons. The topological polar surface area (TPSA) is 60.2 Å². The number of benzene rings is 1. The van der Waals surface area contributed by atoms with Crippen LogP contribution in [0, 0.1) is 0 Å². The van der Waals surface area contributed by atoms with E-state index in [4.69, 9.17) is 9.26 Å². The predicted molar refractivity (Wildman–Crippen MR) is 81.6 cm³/mol. The summed E-state index contributed by atoms with van der Waals surface area (Å²) >= 11 is 0. The molecule has 0 aliphatic carbocycles. The molecule has 5 nitrogen and oxygen atoms in total. The Morgan fingerprint density at radius 2 is 2.19 bits per heavy atom. The van der Waals surface area contributed by atoms with Crippen LogP contribution < -0.4 is 10.1 Å². The van der Waals surface area contributed by atoms with Crippen molar-refractivity contribution < 1.29 is 9.26 Å². The molecule has 2 rings (SSSR count). The molecule has 1 heterocycles. The third kappa shape index (κ3) is 4.56. The van der Waals surface area contributed by atoms with E-state index in [0.717, 1.165) is 30.7 Å². The second-order valence-electron chi connectivity index (χ2n) is 5.00. The van der Waals surface area contributed by atoms with E-state index >= 15 is 0 Å². The first-order chi connectivity index (χ1) is 10.2. The number of likely N-dealkylation sites (N-methyl/N-ethyl adjacent to an activating group) is 1. The summed E-state index contributed by atoms with van der Waals surface area (Å²) < 4.78 is 10.6. The predicted octanol–water partition coefficient (Wildman–Crippen LogP) is 2.60. The molecule has 1 unspecified atom stereocenters. The quantitative estimate of drug-likeness (QED) is 0.809. The zero-order chi connectivity index (χ0) is 15.1. The number of rotatable bonds is 8. The van der Waals surface area contributed by atoms with Gasteiger partial charge in [0, 0.05) is 18.9 Å². The average molecular weight is 289 g/mol. The van der Waals surface area contributed by atoms with Crippen LogP contribution in [0.3, 0.4) is 0 Å². The van der Waals surface area contributed by atoms with Gasteiger partial charge >= 0.3 is 0 Å². The second-order valence-corrected chi connectivity index (χ2v) is 5.00. The Morgan fingerprint density at radius 3 is 2.90 bits per heavy atom. The van der Waals surface area contributed by atoms with Gasteiger partial charge in [-0.05, 0) is 30.7 Å². The zero-order valence-electron chi connectivity index (χ0n) is 12.9. The van der Waals surface area contributed by atoms with E-state index in [2.05, 4.69) is 29.3 Å². The lowest BCUT2D eigenvalue weighted by Gasteiger charge is -2.12. The summed E-state index contributed by atoms with van der Waals surface area (Å²) in [4.78, 5) is 4.47. The van der Waals surface area contributed by atoms with Crippen LogP contribution in [0.5, 0.6) is 5.75 Å². The molecule has 1 aromatic carbocycles. The van der Waals surface area contributed by atoms with Gasteiger partial charge in [0.25, 0.3) is 0 Å². The molecule has 0 radical (unpaired) electrons. The molecular weight excluding hydrogens is 266 g/mol. The Morgan fingerprint density at radius 1 is 1.33 bits per heavy atom. The van der Waals surface area contributed by atoms with E-state index in [1.807, 2.05) is 24.3 Å². The fourth-order valence-corrected chi connectivity index (χ4v) is 2.27. The molecule has 0 spiro atoms. The van der Waals surface area contributed by atoms with E-state index in [-0.39, 0.29) is 0 Å². The van der Waals surface area contributed by atoms with E-state index in [1.54, 1.807) is 7.11 Å². The SMILES string of the molecule is CCNC(CC)Cc1nc(Cc2cccc(OC)c2)no1. The first-order valence-corrected chi connectivity index (χ1v) is 7.42. The van der Waals surface area contributed by atoms with Crippen molar-refractivity contribution in [2.45, 2.75) is 39.2 Å². The summed E-state index contributed by atoms with van der Waals surface area (Å²) in [5.41, 5.74) is 1.11. The van der Waals surface area contributed by atoms with Crippen LogP contribution in [-0.2, 0) is 12.8 Å². The highest BCUT2D eigenvalue weighted by Crippen LogP contribution is 2.15. The molecule has 21 heavy (non-hydrogen) atoms. The average Bonchev–Trinajstić information content (AvgIpc) is 2.94. The van der Waals surface area contributed by atoms with Crippen molar-refractivity contribution in [3.63, 3.8) is 0 Å². The van der Waals surface area contributed by atoms with Crippen molar-refractivity contribution >= 4 is 0 Å². The molecule has 0 saturated carbocycles. The largest absolute Gasteiger partial charge is 0.497 e. The lowest BCUT2D eigenvalue weighted by atomic mass is 10.1. The van der Waals surface area contributed by atoms with Crippen LogP contribution in [0.2, 0.25) is 0 Å². The number of nitrogens with one attached hydrogen (secondary N) is 1. The van der Waals surface area contributed by atoms with Crippen molar-refractivity contribution in [2.75, 3.05) is 13.7 Å². The summed E-state index contributed by atoms with van der Waals surface area (Å²) in [6.45, 7) is 5.20. The fourth-order valence-electron chi connectivity index (χ4n) is 2.27. The second kappa shape index (κ2) is 7.78. The van der Waals surface area contributed by atoms with Gasteiger partial charge in [-0.15, -0.1) is 0 Å². The molecule has 0 fully saturated rings. The molecule has 0 aliphatic rings. The Kier molecular flexibility index (Phi) is 5.75. The number of nitrogens with zero attached hydrogens (tertiary/aromatic N) is 2. The van der Waals surface area contributed by atoms with E-state index in [0.29, 0.717) is 24.2 Å². The maximum Gasteiger partial charge on any atom is 0.228 e. The third-order valence-corrected chi connectivity index (χ3v) is 3.41. The van der Waals surface area contributed by atoms with Crippen molar-refractivity contribution in [3.8, 4) is 5.75 Å². The highest BCUT2D eigenvalue weighted by atomic mass is 16.5. The maximum atomic E-state index is 5.34. The molecule has 5 heteroatoms.